The largest absolute Gasteiger partial charge is 0.390 e. The summed E-state index contributed by atoms with van der Waals surface area (Å²) in [5.41, 5.74) is 3.51. The number of benzene rings is 1. The lowest BCUT2D eigenvalue weighted by Crippen LogP contribution is -2.50. The summed E-state index contributed by atoms with van der Waals surface area (Å²) in [5, 5.41) is 13.5. The third kappa shape index (κ3) is 5.17. The van der Waals surface area contributed by atoms with Crippen molar-refractivity contribution in [2.24, 2.45) is 0 Å². The van der Waals surface area contributed by atoms with E-state index in [1.807, 2.05) is 12.1 Å². The summed E-state index contributed by atoms with van der Waals surface area (Å²) >= 11 is 0. The van der Waals surface area contributed by atoms with Crippen molar-refractivity contribution in [1.29, 1.82) is 0 Å². The van der Waals surface area contributed by atoms with Gasteiger partial charge in [0.1, 0.15) is 0 Å². The number of hydrogen-bond acceptors (Lipinski definition) is 5. The Hall–Kier alpha value is -1.34. The van der Waals surface area contributed by atoms with Crippen LogP contribution in [0.3, 0.4) is 0 Å². The maximum absolute atomic E-state index is 11.6. The molecular formula is C21H33ClN4O2. The first kappa shape index (κ1) is 21.4. The number of anilines is 2. The number of piperidine rings is 1. The molecule has 2 saturated heterocycles. The molecule has 4 rings (SSSR count). The van der Waals surface area contributed by atoms with Gasteiger partial charge in [0.15, 0.2) is 0 Å². The second-order valence-corrected chi connectivity index (χ2v) is 8.15. The molecule has 0 saturated carbocycles. The van der Waals surface area contributed by atoms with Crippen LogP contribution in [0.15, 0.2) is 18.2 Å². The minimum atomic E-state index is -0.255. The topological polar surface area (TPSA) is 59.1 Å². The van der Waals surface area contributed by atoms with Crippen molar-refractivity contribution in [1.82, 2.24) is 9.80 Å². The highest BCUT2D eigenvalue weighted by molar-refractivity contribution is 5.95. The summed E-state index contributed by atoms with van der Waals surface area (Å²) in [6.45, 7) is 7.77. The molecule has 3 aliphatic rings. The minimum Gasteiger partial charge on any atom is -0.390 e. The average Bonchev–Trinajstić information content (AvgIpc) is 2.68. The van der Waals surface area contributed by atoms with E-state index in [0.717, 1.165) is 64.5 Å². The summed E-state index contributed by atoms with van der Waals surface area (Å²) in [6, 6.07) is 6.22. The molecule has 1 unspecified atom stereocenters. The van der Waals surface area contributed by atoms with Crippen molar-refractivity contribution in [3.63, 3.8) is 0 Å². The number of rotatable bonds is 5. The molecule has 1 aromatic rings. The number of nitrogens with zero attached hydrogens (tertiary/aromatic N) is 3. The molecule has 156 valence electrons. The Balaban J connectivity index is 0.00000225. The Morgan fingerprint density at radius 1 is 0.929 bits per heavy atom. The van der Waals surface area contributed by atoms with E-state index in [1.54, 1.807) is 0 Å². The maximum atomic E-state index is 11.6. The van der Waals surface area contributed by atoms with Crippen molar-refractivity contribution in [3.8, 4) is 0 Å². The molecule has 0 aromatic heterocycles. The van der Waals surface area contributed by atoms with Crippen LogP contribution >= 0.6 is 12.4 Å². The zero-order chi connectivity index (χ0) is 18.6. The molecule has 2 N–H and O–H groups in total. The summed E-state index contributed by atoms with van der Waals surface area (Å²) in [7, 11) is 0. The van der Waals surface area contributed by atoms with Gasteiger partial charge in [0, 0.05) is 57.1 Å². The van der Waals surface area contributed by atoms with Gasteiger partial charge in [-0.25, -0.2) is 0 Å². The van der Waals surface area contributed by atoms with E-state index in [0.29, 0.717) is 6.42 Å². The monoisotopic (exact) mass is 408 g/mol. The number of aliphatic hydroxyl groups excluding tert-OH is 1. The van der Waals surface area contributed by atoms with Crippen LogP contribution < -0.4 is 10.2 Å². The number of halogens is 1. The predicted octanol–water partition coefficient (Wildman–Crippen LogP) is 1.96. The lowest BCUT2D eigenvalue weighted by molar-refractivity contribution is -0.116. The zero-order valence-corrected chi connectivity index (χ0v) is 17.4. The molecule has 7 heteroatoms. The molecule has 1 aromatic carbocycles. The van der Waals surface area contributed by atoms with Gasteiger partial charge >= 0.3 is 0 Å². The van der Waals surface area contributed by atoms with Gasteiger partial charge in [-0.15, -0.1) is 12.4 Å². The highest BCUT2D eigenvalue weighted by Crippen LogP contribution is 2.32. The first-order valence-electron chi connectivity index (χ1n) is 10.5. The van der Waals surface area contributed by atoms with Crippen LogP contribution in [0.5, 0.6) is 0 Å². The van der Waals surface area contributed by atoms with Crippen LogP contribution in [-0.2, 0) is 11.2 Å². The van der Waals surface area contributed by atoms with Crippen molar-refractivity contribution >= 4 is 29.7 Å². The van der Waals surface area contributed by atoms with Crippen LogP contribution in [0, 0.1) is 0 Å². The Bertz CT molecular complexity index is 658. The van der Waals surface area contributed by atoms with Crippen molar-refractivity contribution < 1.29 is 9.90 Å². The van der Waals surface area contributed by atoms with Crippen LogP contribution in [0.1, 0.15) is 31.2 Å². The van der Waals surface area contributed by atoms with Gasteiger partial charge in [-0.3, -0.25) is 9.69 Å². The fraction of sp³-hybridized carbons (Fsp3) is 0.667. The van der Waals surface area contributed by atoms with Gasteiger partial charge in [0.2, 0.25) is 5.91 Å². The molecule has 28 heavy (non-hydrogen) atoms. The van der Waals surface area contributed by atoms with E-state index in [2.05, 4.69) is 26.1 Å². The molecule has 0 radical (unpaired) electrons. The molecule has 1 amide bonds. The number of fused-ring (bicyclic) bond motifs is 1. The van der Waals surface area contributed by atoms with Crippen molar-refractivity contribution in [3.05, 3.63) is 23.8 Å². The highest BCUT2D eigenvalue weighted by Gasteiger charge is 2.25. The van der Waals surface area contributed by atoms with Gasteiger partial charge in [-0.05, 0) is 50.0 Å². The number of likely N-dealkylation sites (tertiary alicyclic amines) is 1. The average molecular weight is 409 g/mol. The molecule has 0 aliphatic carbocycles. The summed E-state index contributed by atoms with van der Waals surface area (Å²) in [5.74, 6) is 0.118. The fourth-order valence-corrected chi connectivity index (χ4v) is 4.67. The molecule has 0 spiro atoms. The fourth-order valence-electron chi connectivity index (χ4n) is 4.67. The van der Waals surface area contributed by atoms with Crippen molar-refractivity contribution in [2.45, 2.75) is 38.2 Å². The quantitative estimate of drug-likeness (QED) is 0.780. The zero-order valence-electron chi connectivity index (χ0n) is 16.6. The number of piperazine rings is 1. The number of carbonyl (C=O) groups is 1. The molecule has 2 fully saturated rings. The lowest BCUT2D eigenvalue weighted by Gasteiger charge is -2.39. The highest BCUT2D eigenvalue weighted by atomic mass is 35.5. The lowest BCUT2D eigenvalue weighted by atomic mass is 10.00. The Morgan fingerprint density at radius 3 is 2.32 bits per heavy atom. The summed E-state index contributed by atoms with van der Waals surface area (Å²) < 4.78 is 0. The van der Waals surface area contributed by atoms with Gasteiger partial charge in [0.05, 0.1) is 6.10 Å². The van der Waals surface area contributed by atoms with Gasteiger partial charge in [-0.1, -0.05) is 12.5 Å². The number of amides is 1. The number of β-amino-alcohol motifs (C(OH)–C–C–N with tert-alkyl or cyclic N) is 1. The van der Waals surface area contributed by atoms with E-state index in [9.17, 15) is 9.90 Å². The summed E-state index contributed by atoms with van der Waals surface area (Å²) in [4.78, 5) is 18.9. The Kier molecular flexibility index (Phi) is 7.57. The molecular weight excluding hydrogens is 376 g/mol. The summed E-state index contributed by atoms with van der Waals surface area (Å²) in [6.07, 6.45) is 5.02. The van der Waals surface area contributed by atoms with E-state index < -0.39 is 0 Å². The standard InChI is InChI=1S/C21H32N4O2.ClH/c26-17(15-23-9-2-1-3-10-23)16-24-11-13-25(14-12-24)20-6-4-5-19-18(20)7-8-21(27)22-19;/h4-6,17,26H,1-3,7-16H2,(H,22,27);1H. The molecule has 0 bridgehead atoms. The number of nitrogens with one attached hydrogen (secondary N) is 1. The normalized spacial score (nSPS) is 22.2. The van der Waals surface area contributed by atoms with E-state index in [-0.39, 0.29) is 24.4 Å². The van der Waals surface area contributed by atoms with Crippen LogP contribution in [0.4, 0.5) is 11.4 Å². The van der Waals surface area contributed by atoms with E-state index in [1.165, 1.54) is 30.5 Å². The maximum Gasteiger partial charge on any atom is 0.224 e. The van der Waals surface area contributed by atoms with Crippen LogP contribution in [0.2, 0.25) is 0 Å². The van der Waals surface area contributed by atoms with Crippen LogP contribution in [0.25, 0.3) is 0 Å². The molecule has 3 heterocycles. The third-order valence-electron chi connectivity index (χ3n) is 6.13. The van der Waals surface area contributed by atoms with Gasteiger partial charge in [-0.2, -0.15) is 0 Å². The molecule has 6 nitrogen and oxygen atoms in total. The number of carbonyl (C=O) groups excluding carboxylic acids is 1. The number of hydrogen-bond donors (Lipinski definition) is 2. The second-order valence-electron chi connectivity index (χ2n) is 8.15. The Morgan fingerprint density at radius 2 is 1.61 bits per heavy atom. The molecule has 1 atom stereocenters. The molecule has 3 aliphatic heterocycles. The minimum absolute atomic E-state index is 0. The Labute approximate surface area is 174 Å². The number of aliphatic hydroxyl groups is 1. The first-order chi connectivity index (χ1) is 13.2. The third-order valence-corrected chi connectivity index (χ3v) is 6.13. The first-order valence-corrected chi connectivity index (χ1v) is 10.5. The van der Waals surface area contributed by atoms with Gasteiger partial charge in [0.25, 0.3) is 0 Å². The SMILES string of the molecule is Cl.O=C1CCc2c(cccc2N2CCN(CC(O)CN3CCCCC3)CC2)N1. The van der Waals surface area contributed by atoms with Crippen LogP contribution in [-0.4, -0.2) is 79.3 Å². The van der Waals surface area contributed by atoms with Gasteiger partial charge < -0.3 is 20.2 Å². The van der Waals surface area contributed by atoms with E-state index in [4.69, 9.17) is 0 Å². The van der Waals surface area contributed by atoms with Crippen molar-refractivity contribution in [2.75, 3.05) is 62.6 Å². The predicted molar refractivity (Wildman–Crippen MR) is 116 cm³/mol. The van der Waals surface area contributed by atoms with E-state index >= 15 is 0 Å². The second kappa shape index (κ2) is 9.92. The smallest absolute Gasteiger partial charge is 0.224 e.